The number of thiazole rings is 1. The summed E-state index contributed by atoms with van der Waals surface area (Å²) in [6.07, 6.45) is 3.12. The van der Waals surface area contributed by atoms with E-state index in [4.69, 9.17) is 4.42 Å². The summed E-state index contributed by atoms with van der Waals surface area (Å²) in [5.41, 5.74) is 1.61. The summed E-state index contributed by atoms with van der Waals surface area (Å²) in [7, 11) is -1.56. The Balaban J connectivity index is 1.43. The van der Waals surface area contributed by atoms with Gasteiger partial charge in [0.05, 0.1) is 11.2 Å². The average molecular weight is 433 g/mol. The quantitative estimate of drug-likeness (QED) is 0.666. The number of rotatable bonds is 5. The minimum atomic E-state index is -3.53. The molecular weight excluding hydrogens is 412 g/mol. The third-order valence-electron chi connectivity index (χ3n) is 4.72. The molecule has 1 aliphatic heterocycles. The summed E-state index contributed by atoms with van der Waals surface area (Å²) in [4.78, 5) is 19.1. The van der Waals surface area contributed by atoms with Crippen molar-refractivity contribution in [1.29, 1.82) is 0 Å². The molecule has 0 unspecified atom stereocenters. The summed E-state index contributed by atoms with van der Waals surface area (Å²) in [5.74, 6) is -0.356. The van der Waals surface area contributed by atoms with Gasteiger partial charge in [-0.15, -0.1) is 11.3 Å². The lowest BCUT2D eigenvalue weighted by molar-refractivity contribution is 0.102. The number of sulfonamides is 1. The van der Waals surface area contributed by atoms with Crippen LogP contribution in [0.2, 0.25) is 0 Å². The van der Waals surface area contributed by atoms with Gasteiger partial charge >= 0.3 is 0 Å². The Kier molecular flexibility index (Phi) is 5.50. The Bertz CT molecular complexity index is 1080. The Morgan fingerprint density at radius 1 is 1.14 bits per heavy atom. The van der Waals surface area contributed by atoms with E-state index < -0.39 is 10.0 Å². The molecule has 3 heterocycles. The van der Waals surface area contributed by atoms with E-state index in [-0.39, 0.29) is 10.8 Å². The molecule has 1 N–H and O–H groups in total. The second-order valence-electron chi connectivity index (χ2n) is 6.74. The molecule has 1 amide bonds. The number of likely N-dealkylation sites (N-methyl/N-ethyl adjacent to an activating group) is 1. The first-order valence-corrected chi connectivity index (χ1v) is 11.3. The van der Waals surface area contributed by atoms with E-state index in [1.54, 1.807) is 36.1 Å². The van der Waals surface area contributed by atoms with E-state index in [1.165, 1.54) is 27.8 Å². The fraction of sp³-hybridized carbons (Fsp3) is 0.263. The summed E-state index contributed by atoms with van der Waals surface area (Å²) in [6, 6.07) is 7.98. The van der Waals surface area contributed by atoms with Crippen LogP contribution >= 0.6 is 11.3 Å². The number of hydrogen-bond acceptors (Lipinski definition) is 7. The van der Waals surface area contributed by atoms with E-state index in [0.717, 1.165) is 5.56 Å². The first-order chi connectivity index (χ1) is 13.9. The van der Waals surface area contributed by atoms with Crippen LogP contribution in [0.1, 0.15) is 10.5 Å². The van der Waals surface area contributed by atoms with Gasteiger partial charge in [-0.05, 0) is 37.4 Å². The molecule has 1 aromatic carbocycles. The summed E-state index contributed by atoms with van der Waals surface area (Å²) in [6.45, 7) is 2.37. The smallest absolute Gasteiger partial charge is 0.275 e. The highest BCUT2D eigenvalue weighted by Crippen LogP contribution is 2.25. The summed E-state index contributed by atoms with van der Waals surface area (Å²) in [5, 5.41) is 5.11. The Morgan fingerprint density at radius 2 is 1.86 bits per heavy atom. The van der Waals surface area contributed by atoms with Crippen molar-refractivity contribution < 1.29 is 17.6 Å². The zero-order chi connectivity index (χ0) is 20.4. The molecule has 10 heteroatoms. The number of carbonyl (C=O) groups excluding carboxylic acids is 1. The Hall–Kier alpha value is -2.53. The predicted molar refractivity (Wildman–Crippen MR) is 110 cm³/mol. The van der Waals surface area contributed by atoms with Crippen LogP contribution in [0, 0.1) is 0 Å². The van der Waals surface area contributed by atoms with E-state index in [1.807, 2.05) is 7.05 Å². The number of aromatic nitrogens is 1. The van der Waals surface area contributed by atoms with Crippen LogP contribution in [0.3, 0.4) is 0 Å². The number of furan rings is 1. The van der Waals surface area contributed by atoms with Crippen LogP contribution in [-0.2, 0) is 10.0 Å². The molecule has 4 rings (SSSR count). The summed E-state index contributed by atoms with van der Waals surface area (Å²) >= 11 is 1.35. The minimum absolute atomic E-state index is 0.218. The lowest BCUT2D eigenvalue weighted by Crippen LogP contribution is -2.46. The average Bonchev–Trinajstić information content (AvgIpc) is 3.40. The molecule has 8 nitrogen and oxygen atoms in total. The van der Waals surface area contributed by atoms with Gasteiger partial charge in [-0.2, -0.15) is 4.31 Å². The molecular formula is C19H20N4O4S2. The largest absolute Gasteiger partial charge is 0.472 e. The molecule has 1 fully saturated rings. The van der Waals surface area contributed by atoms with Crippen molar-refractivity contribution in [2.24, 2.45) is 0 Å². The highest BCUT2D eigenvalue weighted by molar-refractivity contribution is 7.89. The third-order valence-corrected chi connectivity index (χ3v) is 7.52. The van der Waals surface area contributed by atoms with E-state index in [0.29, 0.717) is 42.6 Å². The molecule has 0 saturated carbocycles. The molecule has 0 bridgehead atoms. The van der Waals surface area contributed by atoms with Gasteiger partial charge in [0.25, 0.3) is 5.91 Å². The number of benzene rings is 1. The van der Waals surface area contributed by atoms with Crippen LogP contribution in [0.4, 0.5) is 5.69 Å². The van der Waals surface area contributed by atoms with E-state index in [9.17, 15) is 13.2 Å². The van der Waals surface area contributed by atoms with Crippen molar-refractivity contribution in [3.63, 3.8) is 0 Å². The van der Waals surface area contributed by atoms with Crippen LogP contribution in [0.5, 0.6) is 0 Å². The topological polar surface area (TPSA) is 95.8 Å². The van der Waals surface area contributed by atoms with Gasteiger partial charge in [-0.3, -0.25) is 4.79 Å². The normalized spacial score (nSPS) is 16.0. The zero-order valence-corrected chi connectivity index (χ0v) is 17.4. The van der Waals surface area contributed by atoms with Gasteiger partial charge in [0, 0.05) is 42.8 Å². The maximum absolute atomic E-state index is 12.8. The Labute approximate surface area is 172 Å². The van der Waals surface area contributed by atoms with Crippen LogP contribution < -0.4 is 5.32 Å². The predicted octanol–water partition coefficient (Wildman–Crippen LogP) is 2.59. The monoisotopic (exact) mass is 432 g/mol. The van der Waals surface area contributed by atoms with Crippen LogP contribution in [-0.4, -0.2) is 61.7 Å². The fourth-order valence-corrected chi connectivity index (χ4v) is 5.19. The molecule has 0 radical (unpaired) electrons. The van der Waals surface area contributed by atoms with Crippen molar-refractivity contribution in [2.75, 3.05) is 38.5 Å². The van der Waals surface area contributed by atoms with Crippen LogP contribution in [0.15, 0.2) is 57.6 Å². The van der Waals surface area contributed by atoms with Gasteiger partial charge in [-0.25, -0.2) is 13.4 Å². The van der Waals surface area contributed by atoms with Crippen LogP contribution in [0.25, 0.3) is 10.6 Å². The summed E-state index contributed by atoms with van der Waals surface area (Å²) < 4.78 is 32.1. The molecule has 152 valence electrons. The molecule has 0 aliphatic carbocycles. The first kappa shape index (κ1) is 19.8. The number of nitrogens with one attached hydrogen (secondary N) is 1. The molecule has 2 aromatic heterocycles. The molecule has 1 aliphatic rings. The molecule has 0 atom stereocenters. The van der Waals surface area contributed by atoms with Crippen molar-refractivity contribution >= 4 is 33.0 Å². The maximum Gasteiger partial charge on any atom is 0.275 e. The first-order valence-electron chi connectivity index (χ1n) is 9.02. The molecule has 29 heavy (non-hydrogen) atoms. The number of nitrogens with zero attached hydrogens (tertiary/aromatic N) is 3. The highest BCUT2D eigenvalue weighted by Gasteiger charge is 2.27. The van der Waals surface area contributed by atoms with Gasteiger partial charge in [0.1, 0.15) is 17.0 Å². The third kappa shape index (κ3) is 4.25. The maximum atomic E-state index is 12.8. The fourth-order valence-electron chi connectivity index (χ4n) is 2.98. The highest BCUT2D eigenvalue weighted by atomic mass is 32.2. The van der Waals surface area contributed by atoms with Crippen molar-refractivity contribution in [1.82, 2.24) is 14.2 Å². The molecule has 1 saturated heterocycles. The van der Waals surface area contributed by atoms with E-state index in [2.05, 4.69) is 15.2 Å². The second kappa shape index (κ2) is 8.07. The zero-order valence-electron chi connectivity index (χ0n) is 15.7. The lowest BCUT2D eigenvalue weighted by atomic mass is 10.3. The molecule has 0 spiro atoms. The number of amides is 1. The Morgan fingerprint density at radius 3 is 2.52 bits per heavy atom. The lowest BCUT2D eigenvalue weighted by Gasteiger charge is -2.31. The SMILES string of the molecule is CN1CCN(S(=O)(=O)c2ccc(NC(=O)c3csc(-c4ccoc4)n3)cc2)CC1. The number of carbonyl (C=O) groups is 1. The van der Waals surface area contributed by atoms with Gasteiger partial charge in [0.2, 0.25) is 10.0 Å². The second-order valence-corrected chi connectivity index (χ2v) is 9.53. The van der Waals surface area contributed by atoms with Gasteiger partial charge in [-0.1, -0.05) is 0 Å². The van der Waals surface area contributed by atoms with Crippen molar-refractivity contribution in [3.05, 3.63) is 53.9 Å². The molecule has 3 aromatic rings. The van der Waals surface area contributed by atoms with E-state index >= 15 is 0 Å². The number of hydrogen-bond donors (Lipinski definition) is 1. The number of anilines is 1. The van der Waals surface area contributed by atoms with Crippen molar-refractivity contribution in [3.8, 4) is 10.6 Å². The standard InChI is InChI=1S/C19H20N4O4S2/c1-22-7-9-23(10-8-22)29(25,26)16-4-2-15(3-5-16)20-18(24)17-13-28-19(21-17)14-6-11-27-12-14/h2-6,11-13H,7-10H2,1H3,(H,20,24). The van der Waals surface area contributed by atoms with Gasteiger partial charge < -0.3 is 14.6 Å². The number of piperazine rings is 1. The van der Waals surface area contributed by atoms with Crippen molar-refractivity contribution in [2.45, 2.75) is 4.90 Å². The van der Waals surface area contributed by atoms with Gasteiger partial charge in [0.15, 0.2) is 0 Å². The minimum Gasteiger partial charge on any atom is -0.472 e.